The van der Waals surface area contributed by atoms with Gasteiger partial charge in [0.15, 0.2) is 0 Å². The second-order valence-corrected chi connectivity index (χ2v) is 7.46. The number of amides is 1. The van der Waals surface area contributed by atoms with Crippen LogP contribution in [0.5, 0.6) is 0 Å². The van der Waals surface area contributed by atoms with Crippen LogP contribution in [0.1, 0.15) is 17.5 Å². The Morgan fingerprint density at radius 2 is 1.71 bits per heavy atom. The van der Waals surface area contributed by atoms with E-state index in [1.807, 2.05) is 36.4 Å². The normalized spacial score (nSPS) is 13.7. The Kier molecular flexibility index (Phi) is 5.93. The molecule has 7 heteroatoms. The average molecular weight is 419 g/mol. The minimum Gasteiger partial charge on any atom is -0.337 e. The highest BCUT2D eigenvalue weighted by Crippen LogP contribution is 2.22. The van der Waals surface area contributed by atoms with Gasteiger partial charge in [0.1, 0.15) is 12.4 Å². The molecule has 0 aliphatic carbocycles. The molecular weight excluding hydrogens is 397 g/mol. The maximum atomic E-state index is 13.1. The third kappa shape index (κ3) is 4.71. The summed E-state index contributed by atoms with van der Waals surface area (Å²) >= 11 is 0. The number of rotatable bonds is 5. The Morgan fingerprint density at radius 1 is 0.968 bits per heavy atom. The summed E-state index contributed by atoms with van der Waals surface area (Å²) in [7, 11) is 0. The van der Waals surface area contributed by atoms with Crippen LogP contribution in [0.2, 0.25) is 0 Å². The van der Waals surface area contributed by atoms with E-state index in [1.165, 1.54) is 29.0 Å². The second-order valence-electron chi connectivity index (χ2n) is 7.46. The van der Waals surface area contributed by atoms with Crippen molar-refractivity contribution in [3.05, 3.63) is 111 Å². The fourth-order valence-corrected chi connectivity index (χ4v) is 3.66. The minimum absolute atomic E-state index is 0.286. The van der Waals surface area contributed by atoms with Crippen LogP contribution in [0.15, 0.2) is 82.5 Å². The molecule has 0 bridgehead atoms. The van der Waals surface area contributed by atoms with E-state index in [0.29, 0.717) is 26.1 Å². The number of hydrogen-bond donors (Lipinski definition) is 0. The van der Waals surface area contributed by atoms with Gasteiger partial charge in [0, 0.05) is 25.4 Å². The zero-order valence-electron chi connectivity index (χ0n) is 16.9. The Hall–Kier alpha value is -3.74. The van der Waals surface area contributed by atoms with Crippen molar-refractivity contribution in [1.82, 2.24) is 14.0 Å². The molecule has 0 unspecified atom stereocenters. The first kappa shape index (κ1) is 20.5. The summed E-state index contributed by atoms with van der Waals surface area (Å²) in [5, 5.41) is 0. The predicted octanol–water partition coefficient (Wildman–Crippen LogP) is 2.51. The first-order valence-electron chi connectivity index (χ1n) is 10.1. The highest BCUT2D eigenvalue weighted by atomic mass is 19.1. The molecule has 0 spiro atoms. The number of aromatic nitrogens is 2. The molecule has 31 heavy (non-hydrogen) atoms. The first-order valence-corrected chi connectivity index (χ1v) is 10.1. The van der Waals surface area contributed by atoms with Gasteiger partial charge in [0.2, 0.25) is 5.91 Å². The van der Waals surface area contributed by atoms with Crippen molar-refractivity contribution in [2.45, 2.75) is 19.5 Å². The van der Waals surface area contributed by atoms with E-state index < -0.39 is 11.2 Å². The van der Waals surface area contributed by atoms with Gasteiger partial charge in [0.25, 0.3) is 5.56 Å². The van der Waals surface area contributed by atoms with Crippen molar-refractivity contribution in [1.29, 1.82) is 0 Å². The van der Waals surface area contributed by atoms with Gasteiger partial charge in [-0.25, -0.2) is 9.18 Å². The molecule has 2 heterocycles. The summed E-state index contributed by atoms with van der Waals surface area (Å²) in [5.41, 5.74) is 1.89. The number of benzene rings is 2. The van der Waals surface area contributed by atoms with Crippen molar-refractivity contribution >= 4 is 11.5 Å². The van der Waals surface area contributed by atoms with Gasteiger partial charge in [-0.1, -0.05) is 48.5 Å². The van der Waals surface area contributed by atoms with E-state index >= 15 is 0 Å². The van der Waals surface area contributed by atoms with Gasteiger partial charge < -0.3 is 4.90 Å². The Bertz CT molecular complexity index is 1230. The quantitative estimate of drug-likeness (QED) is 0.638. The van der Waals surface area contributed by atoms with E-state index in [1.54, 1.807) is 17.0 Å². The van der Waals surface area contributed by atoms with Crippen LogP contribution in [0.25, 0.3) is 5.57 Å². The third-order valence-corrected chi connectivity index (χ3v) is 5.41. The highest BCUT2D eigenvalue weighted by Gasteiger charge is 2.20. The van der Waals surface area contributed by atoms with Gasteiger partial charge in [0.05, 0.1) is 6.54 Å². The van der Waals surface area contributed by atoms with Crippen molar-refractivity contribution < 1.29 is 9.18 Å². The fourth-order valence-electron chi connectivity index (χ4n) is 3.66. The predicted molar refractivity (Wildman–Crippen MR) is 116 cm³/mol. The average Bonchev–Trinajstić information content (AvgIpc) is 2.80. The monoisotopic (exact) mass is 419 g/mol. The molecule has 0 radical (unpaired) electrons. The Morgan fingerprint density at radius 3 is 2.39 bits per heavy atom. The molecule has 1 aliphatic rings. The Labute approximate surface area is 178 Å². The molecule has 6 nitrogen and oxygen atoms in total. The molecule has 1 amide bonds. The van der Waals surface area contributed by atoms with E-state index in [9.17, 15) is 18.8 Å². The molecule has 3 aromatic rings. The summed E-state index contributed by atoms with van der Waals surface area (Å²) in [4.78, 5) is 39.4. The van der Waals surface area contributed by atoms with Crippen LogP contribution in [-0.2, 0) is 17.9 Å². The molecule has 1 aliphatic heterocycles. The van der Waals surface area contributed by atoms with Crippen LogP contribution in [-0.4, -0.2) is 33.0 Å². The van der Waals surface area contributed by atoms with Gasteiger partial charge in [-0.3, -0.25) is 18.7 Å². The summed E-state index contributed by atoms with van der Waals surface area (Å²) in [5.74, 6) is -0.575. The summed E-state index contributed by atoms with van der Waals surface area (Å²) in [6.45, 7) is 0.877. The van der Waals surface area contributed by atoms with Gasteiger partial charge in [-0.15, -0.1) is 0 Å². The lowest BCUT2D eigenvalue weighted by atomic mass is 9.99. The molecule has 0 saturated heterocycles. The standard InChI is InChI=1S/C24H22FN3O3/c25-21-8-6-19(7-9-21)20-10-13-26(14-11-20)23(30)17-28-22(29)12-15-27(24(28)31)16-18-4-2-1-3-5-18/h1-10,12,15H,11,13-14,16-17H2. The maximum absolute atomic E-state index is 13.1. The van der Waals surface area contributed by atoms with Crippen molar-refractivity contribution in [2.24, 2.45) is 0 Å². The number of carbonyl (C=O) groups excluding carboxylic acids is 1. The van der Waals surface area contributed by atoms with Gasteiger partial charge >= 0.3 is 5.69 Å². The van der Waals surface area contributed by atoms with E-state index in [2.05, 4.69) is 0 Å². The lowest BCUT2D eigenvalue weighted by Gasteiger charge is -2.27. The zero-order valence-corrected chi connectivity index (χ0v) is 16.9. The van der Waals surface area contributed by atoms with E-state index in [0.717, 1.165) is 21.3 Å². The number of nitrogens with zero attached hydrogens (tertiary/aromatic N) is 3. The minimum atomic E-state index is -0.510. The van der Waals surface area contributed by atoms with Gasteiger partial charge in [-0.05, 0) is 35.3 Å². The molecule has 0 N–H and O–H groups in total. The molecule has 2 aromatic carbocycles. The zero-order chi connectivity index (χ0) is 21.8. The van der Waals surface area contributed by atoms with E-state index in [-0.39, 0.29) is 18.3 Å². The molecule has 0 fully saturated rings. The summed E-state index contributed by atoms with van der Waals surface area (Å²) in [6, 6.07) is 17.0. The molecule has 158 valence electrons. The van der Waals surface area contributed by atoms with Gasteiger partial charge in [-0.2, -0.15) is 0 Å². The van der Waals surface area contributed by atoms with Crippen molar-refractivity contribution in [3.63, 3.8) is 0 Å². The summed E-state index contributed by atoms with van der Waals surface area (Å²) in [6.07, 6.45) is 4.01. The lowest BCUT2D eigenvalue weighted by Crippen LogP contribution is -2.45. The third-order valence-electron chi connectivity index (χ3n) is 5.41. The van der Waals surface area contributed by atoms with Crippen LogP contribution in [0.4, 0.5) is 4.39 Å². The van der Waals surface area contributed by atoms with Crippen molar-refractivity contribution in [2.75, 3.05) is 13.1 Å². The van der Waals surface area contributed by atoms with Crippen molar-refractivity contribution in [3.8, 4) is 0 Å². The molecule has 0 saturated carbocycles. The molecule has 0 atom stereocenters. The number of halogens is 1. The SMILES string of the molecule is O=C(Cn1c(=O)ccn(Cc2ccccc2)c1=O)N1CC=C(c2ccc(F)cc2)CC1. The molecular formula is C24H22FN3O3. The highest BCUT2D eigenvalue weighted by molar-refractivity contribution is 5.78. The van der Waals surface area contributed by atoms with E-state index in [4.69, 9.17) is 0 Å². The maximum Gasteiger partial charge on any atom is 0.331 e. The van der Waals surface area contributed by atoms with Crippen LogP contribution >= 0.6 is 0 Å². The fraction of sp³-hybridized carbons (Fsp3) is 0.208. The van der Waals surface area contributed by atoms with Crippen LogP contribution in [0.3, 0.4) is 0 Å². The lowest BCUT2D eigenvalue weighted by molar-refractivity contribution is -0.131. The largest absolute Gasteiger partial charge is 0.337 e. The Balaban J connectivity index is 1.47. The topological polar surface area (TPSA) is 64.3 Å². The summed E-state index contributed by atoms with van der Waals surface area (Å²) < 4.78 is 15.5. The first-order chi connectivity index (χ1) is 15.0. The molecule has 1 aromatic heterocycles. The molecule has 4 rings (SSSR count). The smallest absolute Gasteiger partial charge is 0.331 e. The number of hydrogen-bond acceptors (Lipinski definition) is 3. The number of carbonyl (C=O) groups is 1. The second kappa shape index (κ2) is 8.95. The van der Waals surface area contributed by atoms with Crippen LogP contribution < -0.4 is 11.2 Å². The van der Waals surface area contributed by atoms with Crippen LogP contribution in [0, 0.1) is 5.82 Å².